The highest BCUT2D eigenvalue weighted by molar-refractivity contribution is 7.92. The summed E-state index contributed by atoms with van der Waals surface area (Å²) in [6, 6.07) is 24.2. The van der Waals surface area contributed by atoms with E-state index < -0.39 is 28.5 Å². The molecular formula is C32H41N3O4S. The van der Waals surface area contributed by atoms with Crippen molar-refractivity contribution in [3.63, 3.8) is 0 Å². The summed E-state index contributed by atoms with van der Waals surface area (Å²) >= 11 is 0. The maximum Gasteiger partial charge on any atom is 0.264 e. The van der Waals surface area contributed by atoms with Gasteiger partial charge in [-0.2, -0.15) is 0 Å². The van der Waals surface area contributed by atoms with Crippen molar-refractivity contribution >= 4 is 27.5 Å². The standard InChI is InChI=1S/C32H41N3O4S/c1-6-25(4)33-32(37)26(5)34(22-21-27-13-9-7-10-14-27)31(36)23-35(29-19-17-28(18-20-29)24(2)3)40(38,39)30-15-11-8-12-16-30/h7-20,24-26H,6,21-23H2,1-5H3,(H,33,37)/t25-,26+/m0/s1. The van der Waals surface area contributed by atoms with Gasteiger partial charge in [0.25, 0.3) is 10.0 Å². The lowest BCUT2D eigenvalue weighted by Crippen LogP contribution is -2.53. The largest absolute Gasteiger partial charge is 0.352 e. The molecule has 7 nitrogen and oxygen atoms in total. The van der Waals surface area contributed by atoms with Crippen molar-refractivity contribution in [2.75, 3.05) is 17.4 Å². The molecule has 3 rings (SSSR count). The number of benzene rings is 3. The van der Waals surface area contributed by atoms with Crippen LogP contribution in [0.15, 0.2) is 89.8 Å². The summed E-state index contributed by atoms with van der Waals surface area (Å²) in [6.07, 6.45) is 1.29. The van der Waals surface area contributed by atoms with Crippen LogP contribution in [-0.2, 0) is 26.0 Å². The van der Waals surface area contributed by atoms with E-state index in [2.05, 4.69) is 19.2 Å². The second kappa shape index (κ2) is 14.1. The van der Waals surface area contributed by atoms with E-state index in [9.17, 15) is 18.0 Å². The Hall–Kier alpha value is -3.65. The molecule has 40 heavy (non-hydrogen) atoms. The van der Waals surface area contributed by atoms with Gasteiger partial charge in [-0.1, -0.05) is 81.4 Å². The number of sulfonamides is 1. The molecule has 2 atom stereocenters. The number of nitrogens with zero attached hydrogens (tertiary/aromatic N) is 2. The van der Waals surface area contributed by atoms with Gasteiger partial charge in [0.1, 0.15) is 12.6 Å². The molecule has 0 spiro atoms. The lowest BCUT2D eigenvalue weighted by molar-refractivity contribution is -0.139. The third-order valence-corrected chi connectivity index (χ3v) is 8.90. The molecule has 1 N–H and O–H groups in total. The summed E-state index contributed by atoms with van der Waals surface area (Å²) in [7, 11) is -4.07. The normalized spacial score (nSPS) is 12.9. The van der Waals surface area contributed by atoms with Crippen molar-refractivity contribution in [1.29, 1.82) is 0 Å². The Labute approximate surface area is 239 Å². The van der Waals surface area contributed by atoms with Crippen LogP contribution in [0, 0.1) is 0 Å². The zero-order chi connectivity index (χ0) is 29.3. The zero-order valence-corrected chi connectivity index (χ0v) is 24.9. The van der Waals surface area contributed by atoms with Crippen LogP contribution >= 0.6 is 0 Å². The van der Waals surface area contributed by atoms with E-state index >= 15 is 0 Å². The number of carbonyl (C=O) groups is 2. The van der Waals surface area contributed by atoms with Gasteiger partial charge in [-0.05, 0) is 68.0 Å². The van der Waals surface area contributed by atoms with E-state index in [4.69, 9.17) is 0 Å². The van der Waals surface area contributed by atoms with Crippen LogP contribution < -0.4 is 9.62 Å². The first kappa shape index (κ1) is 30.9. The molecule has 8 heteroatoms. The lowest BCUT2D eigenvalue weighted by Gasteiger charge is -2.32. The summed E-state index contributed by atoms with van der Waals surface area (Å²) in [6.45, 7) is 9.53. The fraction of sp³-hybridized carbons (Fsp3) is 0.375. The first-order chi connectivity index (χ1) is 19.0. The minimum atomic E-state index is -4.07. The van der Waals surface area contributed by atoms with Gasteiger partial charge in [0, 0.05) is 12.6 Å². The summed E-state index contributed by atoms with van der Waals surface area (Å²) in [5.74, 6) is -0.446. The molecule has 0 saturated heterocycles. The van der Waals surface area contributed by atoms with Gasteiger partial charge in [0.05, 0.1) is 10.6 Å². The lowest BCUT2D eigenvalue weighted by atomic mass is 10.0. The maximum absolute atomic E-state index is 13.9. The van der Waals surface area contributed by atoms with E-state index in [-0.39, 0.29) is 29.3 Å². The van der Waals surface area contributed by atoms with Gasteiger partial charge < -0.3 is 10.2 Å². The van der Waals surface area contributed by atoms with Gasteiger partial charge in [-0.3, -0.25) is 13.9 Å². The average Bonchev–Trinajstić information content (AvgIpc) is 2.96. The Morgan fingerprint density at radius 3 is 1.95 bits per heavy atom. The third kappa shape index (κ3) is 7.94. The third-order valence-electron chi connectivity index (χ3n) is 7.11. The summed E-state index contributed by atoms with van der Waals surface area (Å²) in [5.41, 5.74) is 2.47. The second-order valence-electron chi connectivity index (χ2n) is 10.4. The zero-order valence-electron chi connectivity index (χ0n) is 24.1. The van der Waals surface area contributed by atoms with Crippen molar-refractivity contribution in [3.8, 4) is 0 Å². The van der Waals surface area contributed by atoms with Crippen molar-refractivity contribution < 1.29 is 18.0 Å². The van der Waals surface area contributed by atoms with E-state index in [0.717, 1.165) is 21.9 Å². The average molecular weight is 564 g/mol. The number of nitrogens with one attached hydrogen (secondary N) is 1. The minimum Gasteiger partial charge on any atom is -0.352 e. The van der Waals surface area contributed by atoms with Gasteiger partial charge in [-0.15, -0.1) is 0 Å². The van der Waals surface area contributed by atoms with Crippen molar-refractivity contribution in [2.24, 2.45) is 0 Å². The fourth-order valence-corrected chi connectivity index (χ4v) is 5.74. The molecule has 0 aliphatic rings. The van der Waals surface area contributed by atoms with Crippen LogP contribution in [0.2, 0.25) is 0 Å². The monoisotopic (exact) mass is 563 g/mol. The predicted molar refractivity (Wildman–Crippen MR) is 161 cm³/mol. The molecule has 0 heterocycles. The van der Waals surface area contributed by atoms with Crippen molar-refractivity contribution in [3.05, 3.63) is 96.1 Å². The number of carbonyl (C=O) groups excluding carboxylic acids is 2. The molecule has 0 bridgehead atoms. The minimum absolute atomic E-state index is 0.0459. The van der Waals surface area contributed by atoms with Gasteiger partial charge >= 0.3 is 0 Å². The molecule has 3 aromatic carbocycles. The first-order valence-corrected chi connectivity index (χ1v) is 15.3. The van der Waals surface area contributed by atoms with Crippen LogP contribution in [0.3, 0.4) is 0 Å². The molecule has 0 aliphatic heterocycles. The summed E-state index contributed by atoms with van der Waals surface area (Å²) in [4.78, 5) is 28.6. The van der Waals surface area contributed by atoms with Crippen LogP contribution in [-0.4, -0.2) is 50.3 Å². The van der Waals surface area contributed by atoms with Crippen molar-refractivity contribution in [1.82, 2.24) is 10.2 Å². The number of hydrogen-bond donors (Lipinski definition) is 1. The Morgan fingerprint density at radius 2 is 1.40 bits per heavy atom. The van der Waals surface area contributed by atoms with E-state index in [0.29, 0.717) is 12.1 Å². The van der Waals surface area contributed by atoms with Crippen molar-refractivity contribution in [2.45, 2.75) is 70.4 Å². The topological polar surface area (TPSA) is 86.8 Å². The fourth-order valence-electron chi connectivity index (χ4n) is 4.31. The molecule has 2 amide bonds. The summed E-state index contributed by atoms with van der Waals surface area (Å²) in [5, 5.41) is 2.96. The molecule has 0 aliphatic carbocycles. The van der Waals surface area contributed by atoms with Gasteiger partial charge in [0.15, 0.2) is 0 Å². The SMILES string of the molecule is CC[C@H](C)NC(=O)[C@@H](C)N(CCc1ccccc1)C(=O)CN(c1ccc(C(C)C)cc1)S(=O)(=O)c1ccccc1. The Bertz CT molecular complexity index is 1340. The highest BCUT2D eigenvalue weighted by Gasteiger charge is 2.32. The number of hydrogen-bond acceptors (Lipinski definition) is 4. The van der Waals surface area contributed by atoms with Crippen LogP contribution in [0.5, 0.6) is 0 Å². The van der Waals surface area contributed by atoms with Crippen LogP contribution in [0.25, 0.3) is 0 Å². The Balaban J connectivity index is 1.97. The molecule has 214 valence electrons. The molecule has 3 aromatic rings. The summed E-state index contributed by atoms with van der Waals surface area (Å²) < 4.78 is 28.8. The maximum atomic E-state index is 13.9. The molecule has 0 fully saturated rings. The predicted octanol–water partition coefficient (Wildman–Crippen LogP) is 5.38. The first-order valence-electron chi connectivity index (χ1n) is 13.9. The Morgan fingerprint density at radius 1 is 0.825 bits per heavy atom. The van der Waals surface area contributed by atoms with Gasteiger partial charge in [0.2, 0.25) is 11.8 Å². The highest BCUT2D eigenvalue weighted by Crippen LogP contribution is 2.26. The van der Waals surface area contributed by atoms with Crippen LogP contribution in [0.4, 0.5) is 5.69 Å². The Kier molecular flexibility index (Phi) is 10.9. The molecule has 0 unspecified atom stereocenters. The van der Waals surface area contributed by atoms with Crippen LogP contribution in [0.1, 0.15) is 58.1 Å². The molecule has 0 saturated carbocycles. The number of anilines is 1. The highest BCUT2D eigenvalue weighted by atomic mass is 32.2. The quantitative estimate of drug-likeness (QED) is 0.303. The molecule has 0 aromatic heterocycles. The molecule has 0 radical (unpaired) electrons. The van der Waals surface area contributed by atoms with Gasteiger partial charge in [-0.25, -0.2) is 8.42 Å². The van der Waals surface area contributed by atoms with E-state index in [1.165, 1.54) is 17.0 Å². The number of rotatable bonds is 13. The van der Waals surface area contributed by atoms with E-state index in [1.54, 1.807) is 37.3 Å². The second-order valence-corrected chi connectivity index (χ2v) is 12.2. The number of amides is 2. The van der Waals surface area contributed by atoms with E-state index in [1.807, 2.05) is 56.3 Å². The molecular weight excluding hydrogens is 522 g/mol. The smallest absolute Gasteiger partial charge is 0.264 e.